The van der Waals surface area contributed by atoms with Crippen molar-refractivity contribution in [1.29, 1.82) is 0 Å². The molecule has 1 radical (unpaired) electrons. The van der Waals surface area contributed by atoms with E-state index in [2.05, 4.69) is 42.5 Å². The van der Waals surface area contributed by atoms with E-state index in [1.54, 1.807) is 0 Å². The quantitative estimate of drug-likeness (QED) is 0.584. The summed E-state index contributed by atoms with van der Waals surface area (Å²) in [4.78, 5) is 0. The second kappa shape index (κ2) is 4.19. The van der Waals surface area contributed by atoms with E-state index in [1.165, 1.54) is 21.5 Å². The Kier molecular flexibility index (Phi) is 2.54. The van der Waals surface area contributed by atoms with Gasteiger partial charge in [-0.2, -0.15) is 0 Å². The highest BCUT2D eigenvalue weighted by molar-refractivity contribution is 5.99. The van der Waals surface area contributed by atoms with E-state index >= 15 is 0 Å². The molecule has 0 N–H and O–H groups in total. The van der Waals surface area contributed by atoms with E-state index in [9.17, 15) is 5.11 Å². The largest absolute Gasteiger partial charge is 0.236 e. The molecule has 17 heavy (non-hydrogen) atoms. The normalized spacial score (nSPS) is 11.1. The van der Waals surface area contributed by atoms with Crippen LogP contribution >= 0.6 is 0 Å². The van der Waals surface area contributed by atoms with Gasteiger partial charge < -0.3 is 0 Å². The van der Waals surface area contributed by atoms with Crippen molar-refractivity contribution in [2.75, 3.05) is 6.61 Å². The van der Waals surface area contributed by atoms with E-state index in [0.717, 1.165) is 5.56 Å². The van der Waals surface area contributed by atoms with Gasteiger partial charge in [0.05, 0.1) is 6.61 Å². The molecule has 3 rings (SSSR count). The fraction of sp³-hybridized carbons (Fsp3) is 0.125. The van der Waals surface area contributed by atoms with Crippen molar-refractivity contribution >= 4 is 21.5 Å². The number of benzene rings is 3. The SMILES string of the molecule is [O]CCc1cccc2cc3ccccc3cc12. The fourth-order valence-electron chi connectivity index (χ4n) is 2.36. The molecule has 0 atom stereocenters. The van der Waals surface area contributed by atoms with Crippen molar-refractivity contribution in [2.45, 2.75) is 6.42 Å². The highest BCUT2D eigenvalue weighted by atomic mass is 16.2. The lowest BCUT2D eigenvalue weighted by atomic mass is 9.98. The van der Waals surface area contributed by atoms with Gasteiger partial charge in [0.2, 0.25) is 0 Å². The summed E-state index contributed by atoms with van der Waals surface area (Å²) in [5.74, 6) is 0. The number of hydrogen-bond acceptors (Lipinski definition) is 0. The zero-order chi connectivity index (χ0) is 11.7. The minimum atomic E-state index is -0.0497. The average Bonchev–Trinajstić information content (AvgIpc) is 2.37. The first kappa shape index (κ1) is 10.3. The highest BCUT2D eigenvalue weighted by Gasteiger charge is 2.02. The molecule has 0 saturated heterocycles. The zero-order valence-electron chi connectivity index (χ0n) is 9.52. The maximum Gasteiger partial charge on any atom is 0.0862 e. The Morgan fingerprint density at radius 1 is 0.765 bits per heavy atom. The van der Waals surface area contributed by atoms with Gasteiger partial charge in [-0.15, -0.1) is 0 Å². The fourth-order valence-corrected chi connectivity index (χ4v) is 2.36. The number of fused-ring (bicyclic) bond motifs is 2. The predicted octanol–water partition coefficient (Wildman–Crippen LogP) is 3.97. The number of rotatable bonds is 2. The van der Waals surface area contributed by atoms with Crippen molar-refractivity contribution in [2.24, 2.45) is 0 Å². The van der Waals surface area contributed by atoms with Crippen molar-refractivity contribution in [3.05, 3.63) is 60.2 Å². The van der Waals surface area contributed by atoms with Gasteiger partial charge in [0, 0.05) is 0 Å². The van der Waals surface area contributed by atoms with Crippen LogP contribution in [-0.4, -0.2) is 6.61 Å². The van der Waals surface area contributed by atoms with Crippen LogP contribution < -0.4 is 0 Å². The predicted molar refractivity (Wildman–Crippen MR) is 70.7 cm³/mol. The van der Waals surface area contributed by atoms with Crippen molar-refractivity contribution in [3.63, 3.8) is 0 Å². The Labute approximate surface area is 100 Å². The van der Waals surface area contributed by atoms with Crippen LogP contribution in [0.15, 0.2) is 54.6 Å². The third kappa shape index (κ3) is 1.79. The molecule has 83 valence electrons. The Morgan fingerprint density at radius 2 is 1.47 bits per heavy atom. The molecule has 1 heteroatoms. The lowest BCUT2D eigenvalue weighted by Crippen LogP contribution is -1.90. The lowest BCUT2D eigenvalue weighted by molar-refractivity contribution is 0.197. The monoisotopic (exact) mass is 221 g/mol. The summed E-state index contributed by atoms with van der Waals surface area (Å²) in [6, 6.07) is 18.9. The smallest absolute Gasteiger partial charge is 0.0862 e. The van der Waals surface area contributed by atoms with Gasteiger partial charge in [-0.25, -0.2) is 5.11 Å². The first-order valence-corrected chi connectivity index (χ1v) is 5.87. The van der Waals surface area contributed by atoms with Crippen molar-refractivity contribution in [3.8, 4) is 0 Å². The van der Waals surface area contributed by atoms with Crippen LogP contribution in [0.25, 0.3) is 21.5 Å². The van der Waals surface area contributed by atoms with Crippen LogP contribution in [0.4, 0.5) is 0 Å². The standard InChI is InChI=1S/C16H13O/c17-9-8-12-6-3-7-15-10-13-4-1-2-5-14(13)11-16(12)15/h1-7,10-11H,8-9H2. The second-order valence-electron chi connectivity index (χ2n) is 4.29. The van der Waals surface area contributed by atoms with Gasteiger partial charge in [0.1, 0.15) is 0 Å². The van der Waals surface area contributed by atoms with Crippen LogP contribution in [0.5, 0.6) is 0 Å². The molecule has 0 bridgehead atoms. The summed E-state index contributed by atoms with van der Waals surface area (Å²) in [6.45, 7) is -0.0497. The minimum absolute atomic E-state index is 0.0497. The molecule has 0 amide bonds. The Morgan fingerprint density at radius 3 is 2.24 bits per heavy atom. The van der Waals surface area contributed by atoms with Gasteiger partial charge in [-0.1, -0.05) is 42.5 Å². The summed E-state index contributed by atoms with van der Waals surface area (Å²) in [7, 11) is 0. The molecule has 1 nitrogen and oxygen atoms in total. The third-order valence-corrected chi connectivity index (χ3v) is 3.21. The summed E-state index contributed by atoms with van der Waals surface area (Å²) in [6.07, 6.45) is 0.607. The summed E-state index contributed by atoms with van der Waals surface area (Å²) < 4.78 is 0. The zero-order valence-corrected chi connectivity index (χ0v) is 9.52. The molecule has 0 saturated carbocycles. The maximum absolute atomic E-state index is 10.8. The van der Waals surface area contributed by atoms with Crippen LogP contribution in [0.1, 0.15) is 5.56 Å². The Balaban J connectivity index is 2.35. The topological polar surface area (TPSA) is 19.9 Å². The summed E-state index contributed by atoms with van der Waals surface area (Å²) in [5, 5.41) is 15.7. The van der Waals surface area contributed by atoms with Crippen LogP contribution in [0.2, 0.25) is 0 Å². The molecular weight excluding hydrogens is 208 g/mol. The average molecular weight is 221 g/mol. The van der Waals surface area contributed by atoms with Crippen LogP contribution in [0.3, 0.4) is 0 Å². The molecule has 3 aromatic carbocycles. The molecule has 0 heterocycles. The molecule has 0 spiro atoms. The Bertz CT molecular complexity index is 670. The number of hydrogen-bond donors (Lipinski definition) is 0. The molecule has 0 aliphatic carbocycles. The van der Waals surface area contributed by atoms with E-state index in [1.807, 2.05) is 12.1 Å². The molecular formula is C16H13O. The maximum atomic E-state index is 10.8. The highest BCUT2D eigenvalue weighted by Crippen LogP contribution is 2.25. The minimum Gasteiger partial charge on any atom is -0.236 e. The van der Waals surface area contributed by atoms with Gasteiger partial charge in [0.25, 0.3) is 0 Å². The summed E-state index contributed by atoms with van der Waals surface area (Å²) >= 11 is 0. The van der Waals surface area contributed by atoms with E-state index in [4.69, 9.17) is 0 Å². The van der Waals surface area contributed by atoms with E-state index in [-0.39, 0.29) is 6.61 Å². The summed E-state index contributed by atoms with van der Waals surface area (Å²) in [5.41, 5.74) is 1.16. The first-order valence-electron chi connectivity index (χ1n) is 5.87. The molecule has 3 aromatic rings. The first-order chi connectivity index (χ1) is 8.38. The van der Waals surface area contributed by atoms with E-state index in [0.29, 0.717) is 6.42 Å². The van der Waals surface area contributed by atoms with Gasteiger partial charge >= 0.3 is 0 Å². The molecule has 0 aliphatic heterocycles. The van der Waals surface area contributed by atoms with Crippen molar-refractivity contribution in [1.82, 2.24) is 0 Å². The van der Waals surface area contributed by atoms with Crippen molar-refractivity contribution < 1.29 is 5.11 Å². The van der Waals surface area contributed by atoms with Gasteiger partial charge in [0.15, 0.2) is 0 Å². The lowest BCUT2D eigenvalue weighted by Gasteiger charge is -2.06. The molecule has 0 fully saturated rings. The third-order valence-electron chi connectivity index (χ3n) is 3.21. The van der Waals surface area contributed by atoms with Gasteiger partial charge in [-0.05, 0) is 45.7 Å². The van der Waals surface area contributed by atoms with Gasteiger partial charge in [-0.3, -0.25) is 0 Å². The van der Waals surface area contributed by atoms with E-state index < -0.39 is 0 Å². The molecule has 0 aromatic heterocycles. The van der Waals surface area contributed by atoms with Crippen LogP contribution in [-0.2, 0) is 11.5 Å². The van der Waals surface area contributed by atoms with Crippen LogP contribution in [0, 0.1) is 0 Å². The molecule has 0 unspecified atom stereocenters. The molecule has 0 aliphatic rings. The second-order valence-corrected chi connectivity index (χ2v) is 4.29. The Hall–Kier alpha value is -1.86.